The van der Waals surface area contributed by atoms with Crippen LogP contribution in [0.5, 0.6) is 0 Å². The summed E-state index contributed by atoms with van der Waals surface area (Å²) in [6.45, 7) is 1.45. The van der Waals surface area contributed by atoms with Crippen molar-refractivity contribution in [2.75, 3.05) is 23.3 Å². The van der Waals surface area contributed by atoms with Crippen LogP contribution in [-0.4, -0.2) is 35.8 Å². The smallest absolute Gasteiger partial charge is 0.323 e. The fourth-order valence-corrected chi connectivity index (χ4v) is 2.84. The van der Waals surface area contributed by atoms with Crippen molar-refractivity contribution in [3.8, 4) is 0 Å². The number of carbonyl (C=O) groups excluding carboxylic acids is 3. The van der Waals surface area contributed by atoms with Crippen molar-refractivity contribution in [1.82, 2.24) is 4.90 Å². The molecule has 2 aromatic carbocycles. The molecule has 1 fully saturated rings. The highest BCUT2D eigenvalue weighted by Gasteiger charge is 2.37. The van der Waals surface area contributed by atoms with Gasteiger partial charge in [-0.15, -0.1) is 0 Å². The molecule has 7 heteroatoms. The van der Waals surface area contributed by atoms with Gasteiger partial charge in [0.15, 0.2) is 0 Å². The zero-order valence-electron chi connectivity index (χ0n) is 13.5. The van der Waals surface area contributed by atoms with E-state index in [4.69, 9.17) is 11.6 Å². The van der Waals surface area contributed by atoms with Crippen LogP contribution in [0.2, 0.25) is 5.02 Å². The Morgan fingerprint density at radius 3 is 2.56 bits per heavy atom. The predicted octanol–water partition coefficient (Wildman–Crippen LogP) is 3.06. The molecule has 0 atom stereocenters. The van der Waals surface area contributed by atoms with E-state index in [1.54, 1.807) is 36.4 Å². The number of hydrogen-bond acceptors (Lipinski definition) is 3. The third-order valence-electron chi connectivity index (χ3n) is 3.82. The van der Waals surface area contributed by atoms with Gasteiger partial charge in [0, 0.05) is 5.69 Å². The molecular formula is C18H16ClN3O3. The van der Waals surface area contributed by atoms with Crippen LogP contribution in [-0.2, 0) is 9.59 Å². The Labute approximate surface area is 150 Å². The van der Waals surface area contributed by atoms with E-state index in [1.165, 1.54) is 4.90 Å². The van der Waals surface area contributed by atoms with Crippen molar-refractivity contribution < 1.29 is 14.4 Å². The molecule has 1 N–H and O–H groups in total. The van der Waals surface area contributed by atoms with E-state index >= 15 is 0 Å². The fourth-order valence-electron chi connectivity index (χ4n) is 2.56. The van der Waals surface area contributed by atoms with Gasteiger partial charge in [-0.05, 0) is 36.8 Å². The number of hydrogen-bond donors (Lipinski definition) is 1. The molecule has 0 aliphatic carbocycles. The van der Waals surface area contributed by atoms with Gasteiger partial charge in [0.1, 0.15) is 13.1 Å². The van der Waals surface area contributed by atoms with Crippen molar-refractivity contribution in [2.24, 2.45) is 0 Å². The standard InChI is InChI=1S/C18H16ClN3O3/c1-12-7-8-15(14(19)9-12)20-16(23)10-22-17(24)11-21(18(22)25)13-5-3-2-4-6-13/h2-9H,10-11H2,1H3,(H,20,23). The molecule has 6 nitrogen and oxygen atoms in total. The topological polar surface area (TPSA) is 69.7 Å². The average molecular weight is 358 g/mol. The number of nitrogens with one attached hydrogen (secondary N) is 1. The van der Waals surface area contributed by atoms with E-state index in [0.29, 0.717) is 16.4 Å². The number of urea groups is 1. The van der Waals surface area contributed by atoms with Gasteiger partial charge in [-0.2, -0.15) is 0 Å². The van der Waals surface area contributed by atoms with Gasteiger partial charge in [0.05, 0.1) is 10.7 Å². The lowest BCUT2D eigenvalue weighted by atomic mass is 10.2. The Morgan fingerprint density at radius 2 is 1.88 bits per heavy atom. The van der Waals surface area contributed by atoms with Crippen molar-refractivity contribution in [2.45, 2.75) is 6.92 Å². The van der Waals surface area contributed by atoms with Gasteiger partial charge in [0.25, 0.3) is 5.91 Å². The summed E-state index contributed by atoms with van der Waals surface area (Å²) in [5, 5.41) is 3.03. The molecule has 0 spiro atoms. The average Bonchev–Trinajstić information content (AvgIpc) is 2.86. The summed E-state index contributed by atoms with van der Waals surface area (Å²) in [6.07, 6.45) is 0. The van der Waals surface area contributed by atoms with E-state index in [2.05, 4.69) is 5.32 Å². The molecule has 0 radical (unpaired) electrons. The summed E-state index contributed by atoms with van der Waals surface area (Å²) in [6, 6.07) is 13.6. The summed E-state index contributed by atoms with van der Waals surface area (Å²) < 4.78 is 0. The lowest BCUT2D eigenvalue weighted by molar-refractivity contribution is -0.128. The number of halogens is 1. The Hall–Kier alpha value is -2.86. The first-order valence-corrected chi connectivity index (χ1v) is 8.06. The molecule has 0 unspecified atom stereocenters. The van der Waals surface area contributed by atoms with Crippen LogP contribution in [0.1, 0.15) is 5.56 Å². The maximum absolute atomic E-state index is 12.4. The van der Waals surface area contributed by atoms with Crippen LogP contribution in [0, 0.1) is 6.92 Å². The first-order chi connectivity index (χ1) is 12.0. The summed E-state index contributed by atoms with van der Waals surface area (Å²) >= 11 is 6.08. The van der Waals surface area contributed by atoms with E-state index in [0.717, 1.165) is 10.5 Å². The highest BCUT2D eigenvalue weighted by atomic mass is 35.5. The number of imide groups is 1. The van der Waals surface area contributed by atoms with Gasteiger partial charge in [-0.1, -0.05) is 35.9 Å². The number of rotatable bonds is 4. The molecule has 4 amide bonds. The molecule has 1 aliphatic rings. The molecule has 0 aromatic heterocycles. The number of amides is 4. The van der Waals surface area contributed by atoms with Crippen LogP contribution >= 0.6 is 11.6 Å². The minimum absolute atomic E-state index is 0.0819. The highest BCUT2D eigenvalue weighted by molar-refractivity contribution is 6.33. The zero-order chi connectivity index (χ0) is 18.0. The molecule has 0 bridgehead atoms. The second-order valence-corrected chi connectivity index (χ2v) is 6.12. The number of benzene rings is 2. The van der Waals surface area contributed by atoms with Crippen molar-refractivity contribution in [3.63, 3.8) is 0 Å². The lowest BCUT2D eigenvalue weighted by Gasteiger charge is -2.17. The normalized spacial score (nSPS) is 14.2. The summed E-state index contributed by atoms with van der Waals surface area (Å²) in [5.41, 5.74) is 2.02. The van der Waals surface area contributed by atoms with Gasteiger partial charge in [-0.25, -0.2) is 4.79 Å². The minimum Gasteiger partial charge on any atom is -0.323 e. The number of carbonyl (C=O) groups is 3. The maximum atomic E-state index is 12.4. The molecule has 0 saturated carbocycles. The Kier molecular flexibility index (Phi) is 4.72. The van der Waals surface area contributed by atoms with Crippen molar-refractivity contribution in [1.29, 1.82) is 0 Å². The van der Waals surface area contributed by atoms with Crippen LogP contribution in [0.25, 0.3) is 0 Å². The van der Waals surface area contributed by atoms with Crippen LogP contribution in [0.3, 0.4) is 0 Å². The molecule has 3 rings (SSSR count). The SMILES string of the molecule is Cc1ccc(NC(=O)CN2C(=O)CN(c3ccccc3)C2=O)c(Cl)c1. The maximum Gasteiger partial charge on any atom is 0.332 e. The van der Waals surface area contributed by atoms with E-state index in [1.807, 2.05) is 19.1 Å². The monoisotopic (exact) mass is 357 g/mol. The third kappa shape index (κ3) is 3.64. The van der Waals surface area contributed by atoms with Crippen LogP contribution in [0.4, 0.5) is 16.2 Å². The fraction of sp³-hybridized carbons (Fsp3) is 0.167. The number of nitrogens with zero attached hydrogens (tertiary/aromatic N) is 2. The zero-order valence-corrected chi connectivity index (χ0v) is 14.3. The second kappa shape index (κ2) is 6.94. The first-order valence-electron chi connectivity index (χ1n) is 7.68. The lowest BCUT2D eigenvalue weighted by Crippen LogP contribution is -2.39. The number of aryl methyl sites for hydroxylation is 1. The first kappa shape index (κ1) is 17.0. The predicted molar refractivity (Wildman–Crippen MR) is 95.7 cm³/mol. The quantitative estimate of drug-likeness (QED) is 0.855. The third-order valence-corrected chi connectivity index (χ3v) is 4.14. The molecule has 25 heavy (non-hydrogen) atoms. The Morgan fingerprint density at radius 1 is 1.16 bits per heavy atom. The van der Waals surface area contributed by atoms with Gasteiger partial charge in [0.2, 0.25) is 5.91 Å². The summed E-state index contributed by atoms with van der Waals surface area (Å²) in [4.78, 5) is 39.0. The number of anilines is 2. The Bertz CT molecular complexity index is 839. The second-order valence-electron chi connectivity index (χ2n) is 5.72. The summed E-state index contributed by atoms with van der Waals surface area (Å²) in [7, 11) is 0. The van der Waals surface area contributed by atoms with Gasteiger partial charge in [-0.3, -0.25) is 19.4 Å². The van der Waals surface area contributed by atoms with E-state index in [-0.39, 0.29) is 13.1 Å². The molecule has 1 aliphatic heterocycles. The van der Waals surface area contributed by atoms with Crippen molar-refractivity contribution >= 4 is 40.8 Å². The van der Waals surface area contributed by atoms with Gasteiger partial charge >= 0.3 is 6.03 Å². The van der Waals surface area contributed by atoms with Crippen LogP contribution < -0.4 is 10.2 Å². The van der Waals surface area contributed by atoms with E-state index in [9.17, 15) is 14.4 Å². The molecular weight excluding hydrogens is 342 g/mol. The number of para-hydroxylation sites is 1. The molecule has 1 heterocycles. The minimum atomic E-state index is -0.513. The largest absolute Gasteiger partial charge is 0.332 e. The molecule has 128 valence electrons. The molecule has 1 saturated heterocycles. The van der Waals surface area contributed by atoms with E-state index < -0.39 is 17.8 Å². The van der Waals surface area contributed by atoms with Gasteiger partial charge < -0.3 is 5.32 Å². The Balaban J connectivity index is 1.69. The van der Waals surface area contributed by atoms with Crippen LogP contribution in [0.15, 0.2) is 48.5 Å². The van der Waals surface area contributed by atoms with Crippen molar-refractivity contribution in [3.05, 3.63) is 59.1 Å². The summed E-state index contributed by atoms with van der Waals surface area (Å²) in [5.74, 6) is -0.902. The highest BCUT2D eigenvalue weighted by Crippen LogP contribution is 2.23. The molecule has 2 aromatic rings.